The number of nitrogens with one attached hydrogen (secondary N) is 2. The zero-order valence-corrected chi connectivity index (χ0v) is 11.3. The van der Waals surface area contributed by atoms with Crippen LogP contribution in [-0.4, -0.2) is 19.1 Å². The molecule has 0 aliphatic carbocycles. The van der Waals surface area contributed by atoms with E-state index in [9.17, 15) is 4.79 Å². The van der Waals surface area contributed by atoms with Gasteiger partial charge in [-0.25, -0.2) is 4.79 Å². The van der Waals surface area contributed by atoms with Crippen LogP contribution in [0, 0.1) is 0 Å². The van der Waals surface area contributed by atoms with Crippen molar-refractivity contribution < 1.29 is 4.42 Å². The molecule has 0 aliphatic rings. The summed E-state index contributed by atoms with van der Waals surface area (Å²) in [5.74, 6) is -0.432. The molecule has 5 nitrogen and oxygen atoms in total. The minimum absolute atomic E-state index is 0.432. The van der Waals surface area contributed by atoms with Crippen LogP contribution in [0.15, 0.2) is 51.7 Å². The number of oxazole rings is 1. The van der Waals surface area contributed by atoms with Gasteiger partial charge < -0.3 is 14.6 Å². The maximum Gasteiger partial charge on any atom is 0.417 e. The van der Waals surface area contributed by atoms with E-state index >= 15 is 0 Å². The molecule has 102 valence electrons. The predicted molar refractivity (Wildman–Crippen MR) is 80.9 cm³/mol. The molecule has 0 unspecified atom stereocenters. The van der Waals surface area contributed by atoms with Crippen molar-refractivity contribution in [2.45, 2.75) is 0 Å². The quantitative estimate of drug-likeness (QED) is 0.767. The van der Waals surface area contributed by atoms with E-state index in [1.54, 1.807) is 6.07 Å². The lowest BCUT2D eigenvalue weighted by Gasteiger charge is -2.19. The average Bonchev–Trinajstić information content (AvgIpc) is 2.85. The summed E-state index contributed by atoms with van der Waals surface area (Å²) < 4.78 is 5.00. The number of benzene rings is 2. The van der Waals surface area contributed by atoms with E-state index in [4.69, 9.17) is 4.42 Å². The fourth-order valence-corrected chi connectivity index (χ4v) is 2.15. The van der Waals surface area contributed by atoms with Crippen LogP contribution in [0.25, 0.3) is 11.1 Å². The van der Waals surface area contributed by atoms with Gasteiger partial charge in [0.1, 0.15) is 0 Å². The summed E-state index contributed by atoms with van der Waals surface area (Å²) in [6, 6.07) is 13.7. The van der Waals surface area contributed by atoms with Crippen molar-refractivity contribution in [3.05, 3.63) is 53.0 Å². The molecule has 0 fully saturated rings. The molecule has 0 spiro atoms. The van der Waals surface area contributed by atoms with Crippen molar-refractivity contribution in [2.75, 3.05) is 24.3 Å². The normalized spacial score (nSPS) is 10.7. The first-order valence-corrected chi connectivity index (χ1v) is 6.32. The summed E-state index contributed by atoms with van der Waals surface area (Å²) in [5.41, 5.74) is 4.38. The second kappa shape index (κ2) is 4.77. The maximum absolute atomic E-state index is 11.2. The van der Waals surface area contributed by atoms with Crippen molar-refractivity contribution in [2.24, 2.45) is 0 Å². The Labute approximate surface area is 115 Å². The van der Waals surface area contributed by atoms with Gasteiger partial charge in [0.05, 0.1) is 5.52 Å². The third kappa shape index (κ3) is 2.14. The molecule has 1 aromatic heterocycles. The lowest BCUT2D eigenvalue weighted by atomic mass is 10.2. The molecule has 20 heavy (non-hydrogen) atoms. The fourth-order valence-electron chi connectivity index (χ4n) is 2.15. The van der Waals surface area contributed by atoms with E-state index < -0.39 is 5.76 Å². The second-order valence-corrected chi connectivity index (χ2v) is 4.55. The van der Waals surface area contributed by atoms with Crippen LogP contribution in [0.5, 0.6) is 0 Å². The Kier molecular flexibility index (Phi) is 2.95. The molecular formula is C15H15N3O2. The van der Waals surface area contributed by atoms with Crippen LogP contribution in [0.1, 0.15) is 0 Å². The molecule has 0 saturated heterocycles. The Morgan fingerprint density at radius 2 is 1.80 bits per heavy atom. The largest absolute Gasteiger partial charge is 0.417 e. The summed E-state index contributed by atoms with van der Waals surface area (Å²) >= 11 is 0. The van der Waals surface area contributed by atoms with Crippen molar-refractivity contribution >= 4 is 28.2 Å². The number of rotatable bonds is 3. The van der Waals surface area contributed by atoms with Gasteiger partial charge in [0, 0.05) is 31.2 Å². The van der Waals surface area contributed by atoms with Gasteiger partial charge in [0.2, 0.25) is 0 Å². The number of hydrogen-bond acceptors (Lipinski definition) is 4. The predicted octanol–water partition coefficient (Wildman–Crippen LogP) is 2.93. The minimum atomic E-state index is -0.432. The Hall–Kier alpha value is -2.69. The summed E-state index contributed by atoms with van der Waals surface area (Å²) in [6.45, 7) is 0. The molecule has 0 radical (unpaired) electrons. The number of aromatic nitrogens is 1. The van der Waals surface area contributed by atoms with Gasteiger partial charge >= 0.3 is 5.76 Å². The average molecular weight is 269 g/mol. The zero-order valence-electron chi connectivity index (χ0n) is 11.3. The Morgan fingerprint density at radius 1 is 1.10 bits per heavy atom. The first-order chi connectivity index (χ1) is 9.67. The molecule has 0 aliphatic heterocycles. The molecule has 3 aromatic rings. The number of aromatic amines is 1. The van der Waals surface area contributed by atoms with Gasteiger partial charge in [-0.15, -0.1) is 0 Å². The Bertz CT molecular complexity index is 787. The number of anilines is 3. The van der Waals surface area contributed by atoms with Crippen LogP contribution in [0.4, 0.5) is 17.1 Å². The van der Waals surface area contributed by atoms with Crippen molar-refractivity contribution in [3.63, 3.8) is 0 Å². The van der Waals surface area contributed by atoms with E-state index in [1.807, 2.05) is 55.4 Å². The highest BCUT2D eigenvalue weighted by Gasteiger charge is 2.07. The summed E-state index contributed by atoms with van der Waals surface area (Å²) in [6.07, 6.45) is 0. The van der Waals surface area contributed by atoms with E-state index in [0.29, 0.717) is 11.1 Å². The van der Waals surface area contributed by atoms with E-state index in [2.05, 4.69) is 10.3 Å². The van der Waals surface area contributed by atoms with Gasteiger partial charge in [0.25, 0.3) is 0 Å². The highest BCUT2D eigenvalue weighted by Crippen LogP contribution is 2.26. The number of fused-ring (bicyclic) bond motifs is 1. The van der Waals surface area contributed by atoms with Crippen LogP contribution in [0.2, 0.25) is 0 Å². The third-order valence-electron chi connectivity index (χ3n) is 3.33. The van der Waals surface area contributed by atoms with Gasteiger partial charge in [-0.1, -0.05) is 0 Å². The molecule has 0 atom stereocenters. The van der Waals surface area contributed by atoms with Gasteiger partial charge in [-0.2, -0.15) is 0 Å². The maximum atomic E-state index is 11.2. The van der Waals surface area contributed by atoms with Crippen LogP contribution in [-0.2, 0) is 0 Å². The number of hydrogen-bond donors (Lipinski definition) is 2. The Balaban J connectivity index is 1.97. The first-order valence-electron chi connectivity index (χ1n) is 6.32. The minimum Gasteiger partial charge on any atom is -0.408 e. The second-order valence-electron chi connectivity index (χ2n) is 4.55. The van der Waals surface area contributed by atoms with E-state index in [1.165, 1.54) is 0 Å². The van der Waals surface area contributed by atoms with Crippen molar-refractivity contribution in [1.29, 1.82) is 0 Å². The van der Waals surface area contributed by atoms with Gasteiger partial charge in [-0.05, 0) is 42.5 Å². The van der Waals surface area contributed by atoms with Crippen LogP contribution >= 0.6 is 0 Å². The molecular weight excluding hydrogens is 254 g/mol. The van der Waals surface area contributed by atoms with Gasteiger partial charge in [-0.3, -0.25) is 4.98 Å². The molecule has 5 heteroatoms. The highest BCUT2D eigenvalue weighted by molar-refractivity contribution is 5.79. The third-order valence-corrected chi connectivity index (χ3v) is 3.33. The summed E-state index contributed by atoms with van der Waals surface area (Å²) in [5, 5.41) is 3.09. The molecule has 0 amide bonds. The molecule has 0 bridgehead atoms. The lowest BCUT2D eigenvalue weighted by Crippen LogP contribution is -2.09. The molecule has 2 N–H and O–H groups in total. The van der Waals surface area contributed by atoms with Crippen LogP contribution < -0.4 is 16.0 Å². The Morgan fingerprint density at radius 3 is 2.50 bits per heavy atom. The van der Waals surface area contributed by atoms with Crippen LogP contribution in [0.3, 0.4) is 0 Å². The SMILES string of the molecule is CNc1ccc(N(C)c2ccc3oc(=O)[nH]c3c2)cc1. The number of nitrogens with zero attached hydrogens (tertiary/aromatic N) is 1. The zero-order chi connectivity index (χ0) is 14.1. The standard InChI is InChI=1S/C15H15N3O2/c1-16-10-3-5-11(6-4-10)18(2)12-7-8-14-13(9-12)17-15(19)20-14/h3-9,16H,1-2H3,(H,17,19). The lowest BCUT2D eigenvalue weighted by molar-refractivity contribution is 0.555. The molecule has 3 rings (SSSR count). The summed E-state index contributed by atoms with van der Waals surface area (Å²) in [4.78, 5) is 15.9. The summed E-state index contributed by atoms with van der Waals surface area (Å²) in [7, 11) is 3.87. The molecule has 2 aromatic carbocycles. The molecule has 1 heterocycles. The van der Waals surface area contributed by atoms with Gasteiger partial charge in [0.15, 0.2) is 5.58 Å². The van der Waals surface area contributed by atoms with E-state index in [-0.39, 0.29) is 0 Å². The fraction of sp³-hybridized carbons (Fsp3) is 0.133. The van der Waals surface area contributed by atoms with E-state index in [0.717, 1.165) is 17.1 Å². The van der Waals surface area contributed by atoms with Crippen molar-refractivity contribution in [1.82, 2.24) is 4.98 Å². The molecule has 0 saturated carbocycles. The first kappa shape index (κ1) is 12.3. The number of H-pyrrole nitrogens is 1. The highest BCUT2D eigenvalue weighted by atomic mass is 16.4. The van der Waals surface area contributed by atoms with Crippen molar-refractivity contribution in [3.8, 4) is 0 Å². The monoisotopic (exact) mass is 269 g/mol. The topological polar surface area (TPSA) is 61.3 Å². The smallest absolute Gasteiger partial charge is 0.408 e.